The van der Waals surface area contributed by atoms with Crippen LogP contribution >= 0.6 is 0 Å². The lowest BCUT2D eigenvalue weighted by Gasteiger charge is -2.34. The fourth-order valence-electron chi connectivity index (χ4n) is 12.7. The van der Waals surface area contributed by atoms with Crippen LogP contribution in [0.2, 0.25) is 0 Å². The van der Waals surface area contributed by atoms with Crippen molar-refractivity contribution >= 4 is 89.8 Å². The van der Waals surface area contributed by atoms with E-state index in [9.17, 15) is 0 Å². The molecule has 0 saturated heterocycles. The zero-order chi connectivity index (χ0) is 60.0. The van der Waals surface area contributed by atoms with Crippen LogP contribution < -0.4 is 19.6 Å². The maximum atomic E-state index is 2.50. The van der Waals surface area contributed by atoms with Crippen LogP contribution in [0.4, 0.5) is 68.2 Å². The lowest BCUT2D eigenvalue weighted by molar-refractivity contribution is 1.25. The van der Waals surface area contributed by atoms with Gasteiger partial charge >= 0.3 is 0 Å². The van der Waals surface area contributed by atoms with E-state index in [1.54, 1.807) is 0 Å². The van der Waals surface area contributed by atoms with E-state index in [0.29, 0.717) is 0 Å². The zero-order valence-electron chi connectivity index (χ0n) is 49.6. The first-order chi connectivity index (χ1) is 44.7. The monoisotopic (exact) mass is 1150 g/mol. The lowest BCUT2D eigenvalue weighted by Crippen LogP contribution is -2.15. The first kappa shape index (κ1) is 54.7. The van der Waals surface area contributed by atoms with E-state index in [-0.39, 0.29) is 0 Å². The maximum Gasteiger partial charge on any atom is 0.0620 e. The Bertz CT molecular complexity index is 4570. The molecular weight excluding hydrogens is 1090 g/mol. The van der Waals surface area contributed by atoms with Crippen molar-refractivity contribution in [3.8, 4) is 44.5 Å². The van der Waals surface area contributed by atoms with E-state index >= 15 is 0 Å². The number of anilines is 12. The van der Waals surface area contributed by atoms with Gasteiger partial charge < -0.3 is 19.6 Å². The Morgan fingerprint density at radius 1 is 0.122 bits per heavy atom. The predicted molar refractivity (Wildman–Crippen MR) is 382 cm³/mol. The van der Waals surface area contributed by atoms with Gasteiger partial charge in [-0.3, -0.25) is 0 Å². The van der Waals surface area contributed by atoms with Gasteiger partial charge in [-0.15, -0.1) is 0 Å². The second kappa shape index (κ2) is 24.8. The van der Waals surface area contributed by atoms with Crippen LogP contribution in [0, 0.1) is 0 Å². The van der Waals surface area contributed by atoms with Crippen LogP contribution in [-0.2, 0) is 0 Å². The summed E-state index contributed by atoms with van der Waals surface area (Å²) in [4.78, 5) is 9.65. The third-order valence-corrected chi connectivity index (χ3v) is 17.0. The van der Waals surface area contributed by atoms with Crippen molar-refractivity contribution in [2.24, 2.45) is 0 Å². The first-order valence-electron chi connectivity index (χ1n) is 30.7. The van der Waals surface area contributed by atoms with Crippen molar-refractivity contribution in [3.05, 3.63) is 376 Å². The van der Waals surface area contributed by atoms with E-state index in [1.165, 1.54) is 11.1 Å². The van der Waals surface area contributed by atoms with Crippen molar-refractivity contribution < 1.29 is 0 Å². The molecule has 0 unspecified atom stereocenters. The molecule has 0 saturated carbocycles. The van der Waals surface area contributed by atoms with Crippen LogP contribution in [0.3, 0.4) is 0 Å². The Balaban J connectivity index is 1.02. The second-order valence-corrected chi connectivity index (χ2v) is 22.5. The van der Waals surface area contributed by atoms with Gasteiger partial charge in [-0.05, 0) is 178 Å². The van der Waals surface area contributed by atoms with Crippen molar-refractivity contribution in [3.63, 3.8) is 0 Å². The summed E-state index contributed by atoms with van der Waals surface area (Å²) < 4.78 is 0. The SMILES string of the molecule is c1ccc(-c2ccc(N(c3ccc(-c4ccccc4)cc3)c3c4ccc(-c5ccccc5)cc4c(N(c4ccc(N(c5ccccc5)c5ccccc5)cc4)c4ccc(N(c5ccccc5)c5ccccc5)cc4)c4ccc(-c5ccccc5)cc34)cc2)cc1. The molecule has 0 amide bonds. The molecule has 15 aromatic carbocycles. The fourth-order valence-corrected chi connectivity index (χ4v) is 12.7. The van der Waals surface area contributed by atoms with E-state index in [2.05, 4.69) is 396 Å². The highest BCUT2D eigenvalue weighted by Gasteiger charge is 2.28. The smallest absolute Gasteiger partial charge is 0.0620 e. The molecule has 0 atom stereocenters. The standard InChI is InChI=1S/C86H62N4/c1-9-25-63(26-10-1)67-41-47-77(48-42-67)89(78-49-43-68(44-50-78)64-27-11-2-12-28-64)85-81-59-45-70(66-31-15-4-16-32-66)62-84(81)86(82-60-46-69(61-83(82)85)65-29-13-3-14-30-65)90(79-55-51-75(52-56-79)87(71-33-17-5-18-34-71)72-35-19-6-20-36-72)80-57-53-76(54-58-80)88(73-37-21-7-22-38-73)74-39-23-8-24-40-74/h1-62H. The molecule has 0 aromatic heterocycles. The Morgan fingerprint density at radius 3 is 0.556 bits per heavy atom. The summed E-state index contributed by atoms with van der Waals surface area (Å²) in [5.41, 5.74) is 21.8. The fraction of sp³-hybridized carbons (Fsp3) is 0. The van der Waals surface area contributed by atoms with Crippen molar-refractivity contribution in [1.29, 1.82) is 0 Å². The summed E-state index contributed by atoms with van der Waals surface area (Å²) >= 11 is 0. The number of benzene rings is 15. The van der Waals surface area contributed by atoms with Crippen LogP contribution in [0.5, 0.6) is 0 Å². The van der Waals surface area contributed by atoms with Crippen LogP contribution in [0.15, 0.2) is 376 Å². The normalized spacial score (nSPS) is 11.1. The molecule has 4 heteroatoms. The van der Waals surface area contributed by atoms with Gasteiger partial charge in [0.2, 0.25) is 0 Å². The molecule has 0 aliphatic carbocycles. The summed E-state index contributed by atoms with van der Waals surface area (Å²) in [7, 11) is 0. The summed E-state index contributed by atoms with van der Waals surface area (Å²) in [6.07, 6.45) is 0. The average molecular weight is 1150 g/mol. The lowest BCUT2D eigenvalue weighted by atomic mass is 9.91. The highest BCUT2D eigenvalue weighted by Crippen LogP contribution is 2.53. The highest BCUT2D eigenvalue weighted by molar-refractivity contribution is 6.24. The Kier molecular flexibility index (Phi) is 15.0. The van der Waals surface area contributed by atoms with Gasteiger partial charge in [0.25, 0.3) is 0 Å². The van der Waals surface area contributed by atoms with E-state index in [4.69, 9.17) is 0 Å². The molecule has 426 valence electrons. The molecule has 4 nitrogen and oxygen atoms in total. The highest BCUT2D eigenvalue weighted by atomic mass is 15.2. The number of rotatable bonds is 16. The predicted octanol–water partition coefficient (Wildman–Crippen LogP) is 24.5. The molecule has 15 rings (SSSR count). The molecule has 0 N–H and O–H groups in total. The Morgan fingerprint density at radius 2 is 0.300 bits per heavy atom. The van der Waals surface area contributed by atoms with Gasteiger partial charge in [-0.25, -0.2) is 0 Å². The number of fused-ring (bicyclic) bond motifs is 2. The number of hydrogen-bond acceptors (Lipinski definition) is 4. The van der Waals surface area contributed by atoms with Gasteiger partial charge in [0.1, 0.15) is 0 Å². The van der Waals surface area contributed by atoms with Crippen LogP contribution in [0.1, 0.15) is 0 Å². The molecule has 0 heterocycles. The van der Waals surface area contributed by atoms with Crippen LogP contribution in [-0.4, -0.2) is 0 Å². The topological polar surface area (TPSA) is 13.0 Å². The van der Waals surface area contributed by atoms with E-state index in [1.807, 2.05) is 0 Å². The molecule has 0 bridgehead atoms. The van der Waals surface area contributed by atoms with E-state index in [0.717, 1.165) is 123 Å². The summed E-state index contributed by atoms with van der Waals surface area (Å²) in [6, 6.07) is 136. The minimum Gasteiger partial charge on any atom is -0.311 e. The number of para-hydroxylation sites is 4. The molecule has 0 spiro atoms. The molecule has 0 aliphatic heterocycles. The molecule has 15 aromatic rings. The van der Waals surface area contributed by atoms with Crippen LogP contribution in [0.25, 0.3) is 66.1 Å². The quantitative estimate of drug-likeness (QED) is 0.0706. The molecule has 0 aliphatic rings. The van der Waals surface area contributed by atoms with Gasteiger partial charge in [0.15, 0.2) is 0 Å². The van der Waals surface area contributed by atoms with Crippen molar-refractivity contribution in [1.82, 2.24) is 0 Å². The van der Waals surface area contributed by atoms with Crippen molar-refractivity contribution in [2.75, 3.05) is 19.6 Å². The summed E-state index contributed by atoms with van der Waals surface area (Å²) in [5.74, 6) is 0. The molecule has 0 fully saturated rings. The maximum absolute atomic E-state index is 2.50. The minimum atomic E-state index is 1.01. The molecule has 0 radical (unpaired) electrons. The minimum absolute atomic E-state index is 1.01. The third-order valence-electron chi connectivity index (χ3n) is 17.0. The first-order valence-corrected chi connectivity index (χ1v) is 30.7. The Hall–Kier alpha value is -12.0. The summed E-state index contributed by atoms with van der Waals surface area (Å²) in [5, 5.41) is 4.38. The zero-order valence-corrected chi connectivity index (χ0v) is 49.6. The van der Waals surface area contributed by atoms with Gasteiger partial charge in [-0.1, -0.05) is 243 Å². The number of hydrogen-bond donors (Lipinski definition) is 0. The summed E-state index contributed by atoms with van der Waals surface area (Å²) in [6.45, 7) is 0. The van der Waals surface area contributed by atoms with Gasteiger partial charge in [0, 0.05) is 78.4 Å². The number of nitrogens with zero attached hydrogens (tertiary/aromatic N) is 4. The van der Waals surface area contributed by atoms with Gasteiger partial charge in [0.05, 0.1) is 11.4 Å². The Labute approximate surface area is 527 Å². The van der Waals surface area contributed by atoms with Crippen molar-refractivity contribution in [2.45, 2.75) is 0 Å². The van der Waals surface area contributed by atoms with E-state index < -0.39 is 0 Å². The molecular formula is C86H62N4. The average Bonchev–Trinajstić information content (AvgIpc) is 0.993. The molecule has 90 heavy (non-hydrogen) atoms. The largest absolute Gasteiger partial charge is 0.311 e. The second-order valence-electron chi connectivity index (χ2n) is 22.5. The van der Waals surface area contributed by atoms with Gasteiger partial charge in [-0.2, -0.15) is 0 Å². The third kappa shape index (κ3) is 10.9.